The number of nitrogen functional groups attached to an aromatic ring is 1. The quantitative estimate of drug-likeness (QED) is 0.134. The summed E-state index contributed by atoms with van der Waals surface area (Å²) in [6, 6.07) is 16.4. The van der Waals surface area contributed by atoms with Crippen LogP contribution in [0.15, 0.2) is 97.0 Å². The molecule has 0 radical (unpaired) electrons. The second-order valence-electron chi connectivity index (χ2n) is 7.83. The average molecular weight is 542 g/mol. The van der Waals surface area contributed by atoms with Gasteiger partial charge in [-0.15, -0.1) is 5.11 Å². The Labute approximate surface area is 211 Å². The molecule has 4 aromatic rings. The van der Waals surface area contributed by atoms with E-state index in [-0.39, 0.29) is 16.8 Å². The van der Waals surface area contributed by atoms with Crippen molar-refractivity contribution in [3.05, 3.63) is 72.3 Å². The molecule has 37 heavy (non-hydrogen) atoms. The molecule has 0 spiro atoms. The second kappa shape index (κ2) is 9.67. The van der Waals surface area contributed by atoms with Crippen LogP contribution in [0, 0.1) is 6.92 Å². The summed E-state index contributed by atoms with van der Waals surface area (Å²) in [7, 11) is -9.75. The van der Waals surface area contributed by atoms with Crippen LogP contribution in [0.2, 0.25) is 0 Å². The lowest BCUT2D eigenvalue weighted by molar-refractivity contribution is 0.470. The Morgan fingerprint density at radius 1 is 0.730 bits per heavy atom. The zero-order chi connectivity index (χ0) is 27.0. The van der Waals surface area contributed by atoms with Crippen LogP contribution in [0.3, 0.4) is 0 Å². The van der Waals surface area contributed by atoms with Gasteiger partial charge in [0.2, 0.25) is 0 Å². The highest BCUT2D eigenvalue weighted by Gasteiger charge is 2.24. The van der Waals surface area contributed by atoms with E-state index >= 15 is 0 Å². The summed E-state index contributed by atoms with van der Waals surface area (Å²) >= 11 is 0. The number of benzene rings is 4. The molecule has 0 heterocycles. The number of phenolic OH excluding ortho intramolecular Hbond substituents is 1. The molecule has 5 N–H and O–H groups in total. The summed E-state index contributed by atoms with van der Waals surface area (Å²) in [6.45, 7) is 1.78. The minimum Gasteiger partial charge on any atom is -0.507 e. The van der Waals surface area contributed by atoms with E-state index in [4.69, 9.17) is 5.73 Å². The largest absolute Gasteiger partial charge is 0.507 e. The van der Waals surface area contributed by atoms with Crippen molar-refractivity contribution < 1.29 is 31.0 Å². The fourth-order valence-corrected chi connectivity index (χ4v) is 4.69. The maximum atomic E-state index is 12.0. The minimum absolute atomic E-state index is 0.222. The van der Waals surface area contributed by atoms with Crippen molar-refractivity contribution in [1.82, 2.24) is 0 Å². The smallest absolute Gasteiger partial charge is 0.295 e. The van der Waals surface area contributed by atoms with Gasteiger partial charge >= 0.3 is 0 Å². The Bertz CT molecular complexity index is 1810. The standard InChI is InChI=1S/C23H19N5O7S2/c1-13-9-15(7-8-18(13)27-25-14-5-3-2-4-6-14)26-28-19-12-21(37(33,34)35)17-10-16(36(30,31)32)11-20(29)22(17)23(19)24/h2-12,29H,24H2,1H3,(H,30,31,32)(H,33,34,35)/b27-25+,28-26+. The number of hydrogen-bond donors (Lipinski definition) is 4. The molecule has 0 amide bonds. The molecule has 0 saturated carbocycles. The van der Waals surface area contributed by atoms with Gasteiger partial charge in [0.25, 0.3) is 20.2 Å². The van der Waals surface area contributed by atoms with Crippen LogP contribution in [-0.2, 0) is 20.2 Å². The van der Waals surface area contributed by atoms with Crippen molar-refractivity contribution in [3.63, 3.8) is 0 Å². The third-order valence-corrected chi connectivity index (χ3v) is 6.95. The summed E-state index contributed by atoms with van der Waals surface area (Å²) in [5, 5.41) is 26.0. The number of aromatic hydroxyl groups is 1. The van der Waals surface area contributed by atoms with Crippen molar-refractivity contribution in [2.75, 3.05) is 5.73 Å². The Morgan fingerprint density at radius 2 is 1.38 bits per heavy atom. The second-order valence-corrected chi connectivity index (χ2v) is 10.6. The lowest BCUT2D eigenvalue weighted by atomic mass is 10.1. The lowest BCUT2D eigenvalue weighted by Crippen LogP contribution is -2.04. The van der Waals surface area contributed by atoms with Crippen LogP contribution in [0.5, 0.6) is 5.75 Å². The van der Waals surface area contributed by atoms with Gasteiger partial charge < -0.3 is 10.8 Å². The normalized spacial score (nSPS) is 12.6. The van der Waals surface area contributed by atoms with Gasteiger partial charge in [-0.3, -0.25) is 9.11 Å². The maximum Gasteiger partial charge on any atom is 0.295 e. The molecule has 0 unspecified atom stereocenters. The van der Waals surface area contributed by atoms with Crippen LogP contribution in [-0.4, -0.2) is 31.0 Å². The fraction of sp³-hybridized carbons (Fsp3) is 0.0435. The van der Waals surface area contributed by atoms with Crippen LogP contribution < -0.4 is 5.73 Å². The number of phenols is 1. The molecule has 0 atom stereocenters. The molecule has 0 aliphatic rings. The van der Waals surface area contributed by atoms with Gasteiger partial charge in [-0.05, 0) is 55.0 Å². The first-order valence-electron chi connectivity index (χ1n) is 10.4. The highest BCUT2D eigenvalue weighted by atomic mass is 32.2. The third kappa shape index (κ3) is 5.62. The Kier molecular flexibility index (Phi) is 6.75. The number of aryl methyl sites for hydroxylation is 1. The highest BCUT2D eigenvalue weighted by molar-refractivity contribution is 7.86. The van der Waals surface area contributed by atoms with Crippen LogP contribution in [0.1, 0.15) is 5.56 Å². The van der Waals surface area contributed by atoms with E-state index < -0.39 is 41.2 Å². The van der Waals surface area contributed by atoms with Gasteiger partial charge in [0.15, 0.2) is 0 Å². The summed E-state index contributed by atoms with van der Waals surface area (Å²) < 4.78 is 66.1. The maximum absolute atomic E-state index is 12.0. The van der Waals surface area contributed by atoms with Crippen LogP contribution in [0.25, 0.3) is 10.8 Å². The van der Waals surface area contributed by atoms with Gasteiger partial charge in [-0.1, -0.05) is 18.2 Å². The number of azo groups is 2. The molecule has 0 aliphatic heterocycles. The molecule has 14 heteroatoms. The van der Waals surface area contributed by atoms with Crippen molar-refractivity contribution in [3.8, 4) is 5.75 Å². The summed E-state index contributed by atoms with van der Waals surface area (Å²) in [5.41, 5.74) is 7.95. The summed E-state index contributed by atoms with van der Waals surface area (Å²) in [5.74, 6) is -0.756. The van der Waals surface area contributed by atoms with Crippen molar-refractivity contribution in [2.45, 2.75) is 16.7 Å². The molecule has 190 valence electrons. The Balaban J connectivity index is 1.76. The molecule has 4 aromatic carbocycles. The molecule has 0 bridgehead atoms. The molecule has 0 aromatic heterocycles. The number of nitrogens with zero attached hydrogens (tertiary/aromatic N) is 4. The van der Waals surface area contributed by atoms with Gasteiger partial charge in [-0.25, -0.2) is 0 Å². The van der Waals surface area contributed by atoms with Crippen molar-refractivity contribution in [1.29, 1.82) is 0 Å². The topological polar surface area (TPSA) is 204 Å². The molecule has 0 fully saturated rings. The predicted octanol–water partition coefficient (Wildman–Crippen LogP) is 5.76. The molecule has 0 aliphatic carbocycles. The number of anilines is 1. The first-order valence-corrected chi connectivity index (χ1v) is 13.3. The summed E-state index contributed by atoms with van der Waals surface area (Å²) in [6.07, 6.45) is 0. The van der Waals surface area contributed by atoms with Gasteiger partial charge in [0.1, 0.15) is 16.3 Å². The highest BCUT2D eigenvalue weighted by Crippen LogP contribution is 2.42. The summed E-state index contributed by atoms with van der Waals surface area (Å²) in [4.78, 5) is -1.59. The predicted molar refractivity (Wildman–Crippen MR) is 136 cm³/mol. The van der Waals surface area contributed by atoms with E-state index in [0.717, 1.165) is 17.7 Å². The fourth-order valence-electron chi connectivity index (χ4n) is 3.46. The van der Waals surface area contributed by atoms with E-state index in [1.54, 1.807) is 37.3 Å². The number of fused-ring (bicyclic) bond motifs is 1. The van der Waals surface area contributed by atoms with Crippen LogP contribution in [0.4, 0.5) is 28.4 Å². The Morgan fingerprint density at radius 3 is 2.00 bits per heavy atom. The first kappa shape index (κ1) is 25.8. The molecule has 4 rings (SSSR count). The molecule has 0 saturated heterocycles. The zero-order valence-corrected chi connectivity index (χ0v) is 20.6. The van der Waals surface area contributed by atoms with E-state index in [1.165, 1.54) is 0 Å². The third-order valence-electron chi connectivity index (χ3n) is 5.23. The van der Waals surface area contributed by atoms with E-state index in [2.05, 4.69) is 20.5 Å². The number of rotatable bonds is 6. The number of hydrogen-bond acceptors (Lipinski definition) is 10. The van der Waals surface area contributed by atoms with E-state index in [1.807, 2.05) is 18.2 Å². The van der Waals surface area contributed by atoms with Crippen molar-refractivity contribution in [2.24, 2.45) is 20.5 Å². The first-order chi connectivity index (χ1) is 17.3. The minimum atomic E-state index is -4.94. The van der Waals surface area contributed by atoms with Gasteiger partial charge in [-0.2, -0.15) is 32.2 Å². The van der Waals surface area contributed by atoms with E-state index in [9.17, 15) is 31.0 Å². The molecular weight excluding hydrogens is 522 g/mol. The average Bonchev–Trinajstić information content (AvgIpc) is 2.82. The van der Waals surface area contributed by atoms with Gasteiger partial charge in [0.05, 0.1) is 33.0 Å². The Hall–Kier alpha value is -4.24. The monoisotopic (exact) mass is 541 g/mol. The van der Waals surface area contributed by atoms with Crippen molar-refractivity contribution >= 4 is 59.4 Å². The molecular formula is C23H19N5O7S2. The van der Waals surface area contributed by atoms with E-state index in [0.29, 0.717) is 23.1 Å². The van der Waals surface area contributed by atoms with Crippen LogP contribution >= 0.6 is 0 Å². The lowest BCUT2D eigenvalue weighted by Gasteiger charge is -2.12. The number of nitrogens with two attached hydrogens (primary N) is 1. The van der Waals surface area contributed by atoms with Gasteiger partial charge in [0, 0.05) is 11.5 Å². The molecule has 12 nitrogen and oxygen atoms in total. The SMILES string of the molecule is Cc1cc(/N=N/c2cc(S(=O)(=O)O)c3cc(S(=O)(=O)O)cc(O)c3c2N)ccc1/N=N/c1ccccc1. The zero-order valence-electron chi connectivity index (χ0n) is 19.0.